The van der Waals surface area contributed by atoms with Crippen molar-refractivity contribution in [2.45, 2.75) is 12.8 Å². The number of carbonyl (C=O) groups excluding carboxylic acids is 2. The van der Waals surface area contributed by atoms with Gasteiger partial charge in [-0.3, -0.25) is 4.79 Å². The fraction of sp³-hybridized carbons (Fsp3) is 0.429. The molecule has 0 atom stereocenters. The predicted molar refractivity (Wildman–Crippen MR) is 71.3 cm³/mol. The van der Waals surface area contributed by atoms with Crippen LogP contribution in [0, 0.1) is 5.41 Å². The maximum absolute atomic E-state index is 12.2. The highest BCUT2D eigenvalue weighted by Crippen LogP contribution is 2.50. The second kappa shape index (κ2) is 3.98. The van der Waals surface area contributed by atoms with Gasteiger partial charge in [0.1, 0.15) is 0 Å². The minimum absolute atomic E-state index is 0.0870. The Morgan fingerprint density at radius 2 is 2.16 bits per heavy atom. The fourth-order valence-corrected chi connectivity index (χ4v) is 2.60. The second-order valence-electron chi connectivity index (χ2n) is 5.31. The number of anilines is 2. The first-order valence-corrected chi connectivity index (χ1v) is 6.31. The van der Waals surface area contributed by atoms with Gasteiger partial charge in [0.15, 0.2) is 0 Å². The van der Waals surface area contributed by atoms with Crippen LogP contribution in [0.2, 0.25) is 0 Å². The molecule has 19 heavy (non-hydrogen) atoms. The van der Waals surface area contributed by atoms with Crippen LogP contribution in [0.4, 0.5) is 11.4 Å². The van der Waals surface area contributed by atoms with Crippen LogP contribution in [0.5, 0.6) is 0 Å². The van der Waals surface area contributed by atoms with Gasteiger partial charge in [-0.15, -0.1) is 0 Å². The molecule has 0 bridgehead atoms. The summed E-state index contributed by atoms with van der Waals surface area (Å²) in [6, 6.07) is 5.20. The summed E-state index contributed by atoms with van der Waals surface area (Å²) in [7, 11) is 3.30. The first-order chi connectivity index (χ1) is 9.05. The second-order valence-corrected chi connectivity index (χ2v) is 5.31. The molecule has 1 heterocycles. The summed E-state index contributed by atoms with van der Waals surface area (Å²) in [5.74, 6) is -0.281. The van der Waals surface area contributed by atoms with Gasteiger partial charge >= 0.3 is 5.97 Å². The van der Waals surface area contributed by atoms with Crippen LogP contribution in [-0.4, -0.2) is 32.6 Å². The van der Waals surface area contributed by atoms with Gasteiger partial charge in [0.05, 0.1) is 29.5 Å². The third-order valence-electron chi connectivity index (χ3n) is 3.95. The number of benzene rings is 1. The highest BCUT2D eigenvalue weighted by molar-refractivity contribution is 6.03. The zero-order valence-corrected chi connectivity index (χ0v) is 11.0. The third-order valence-corrected chi connectivity index (χ3v) is 3.95. The van der Waals surface area contributed by atoms with E-state index in [9.17, 15) is 9.59 Å². The maximum Gasteiger partial charge on any atom is 0.337 e. The molecule has 1 aromatic rings. The number of carbonyl (C=O) groups is 2. The van der Waals surface area contributed by atoms with Crippen molar-refractivity contribution in [1.82, 2.24) is 0 Å². The average molecular weight is 260 g/mol. The number of nitrogens with zero attached hydrogens (tertiary/aromatic N) is 1. The Bertz CT molecular complexity index is 564. The van der Waals surface area contributed by atoms with Gasteiger partial charge in [-0.05, 0) is 31.0 Å². The Balaban J connectivity index is 2.01. The molecule has 0 radical (unpaired) electrons. The van der Waals surface area contributed by atoms with Gasteiger partial charge < -0.3 is 15.0 Å². The predicted octanol–water partition coefficient (Wildman–Crippen LogP) is 1.64. The van der Waals surface area contributed by atoms with E-state index < -0.39 is 0 Å². The van der Waals surface area contributed by atoms with E-state index in [4.69, 9.17) is 4.74 Å². The van der Waals surface area contributed by atoms with Gasteiger partial charge in [0.2, 0.25) is 5.91 Å². The van der Waals surface area contributed by atoms with Crippen molar-refractivity contribution in [2.75, 3.05) is 30.9 Å². The summed E-state index contributed by atoms with van der Waals surface area (Å²) in [6.45, 7) is 0.691. The Labute approximate surface area is 111 Å². The number of esters is 1. The van der Waals surface area contributed by atoms with Crippen LogP contribution in [0.1, 0.15) is 23.2 Å². The molecule has 0 aromatic heterocycles. The lowest BCUT2D eigenvalue weighted by atomic mass is 10.1. The summed E-state index contributed by atoms with van der Waals surface area (Å²) < 4.78 is 4.72. The highest BCUT2D eigenvalue weighted by Gasteiger charge is 2.52. The summed E-state index contributed by atoms with van der Waals surface area (Å²) in [5.41, 5.74) is 1.87. The van der Waals surface area contributed by atoms with E-state index in [-0.39, 0.29) is 17.3 Å². The van der Waals surface area contributed by atoms with Crippen molar-refractivity contribution >= 4 is 23.3 Å². The van der Waals surface area contributed by atoms with E-state index in [0.29, 0.717) is 12.1 Å². The smallest absolute Gasteiger partial charge is 0.337 e. The molecule has 1 N–H and O–H groups in total. The molecule has 1 aromatic carbocycles. The van der Waals surface area contributed by atoms with E-state index in [0.717, 1.165) is 24.2 Å². The molecule has 1 spiro atoms. The lowest BCUT2D eigenvalue weighted by molar-refractivity contribution is -0.120. The molecule has 100 valence electrons. The maximum atomic E-state index is 12.2. The number of amides is 1. The number of hydrogen-bond donors (Lipinski definition) is 1. The lowest BCUT2D eigenvalue weighted by Gasteiger charge is -2.21. The first kappa shape index (κ1) is 12.0. The van der Waals surface area contributed by atoms with Crippen molar-refractivity contribution < 1.29 is 14.3 Å². The summed E-state index contributed by atoms with van der Waals surface area (Å²) in [4.78, 5) is 25.8. The Morgan fingerprint density at radius 1 is 1.42 bits per heavy atom. The molecule has 1 fully saturated rings. The molecule has 1 amide bonds. The summed E-state index contributed by atoms with van der Waals surface area (Å²) in [6.07, 6.45) is 1.86. The standard InChI is InChI=1S/C14H16N2O3/c1-16-8-14(5-6-14)13(18)15-10-4-3-9(7-11(10)16)12(17)19-2/h3-4,7H,5-6,8H2,1-2H3,(H,15,18). The van der Waals surface area contributed by atoms with Crippen molar-refractivity contribution in [1.29, 1.82) is 0 Å². The number of methoxy groups -OCH3 is 1. The molecular formula is C14H16N2O3. The minimum atomic E-state index is -0.368. The fourth-order valence-electron chi connectivity index (χ4n) is 2.60. The van der Waals surface area contributed by atoms with E-state index in [1.807, 2.05) is 11.9 Å². The number of nitrogens with one attached hydrogen (secondary N) is 1. The number of fused-ring (bicyclic) bond motifs is 1. The van der Waals surface area contributed by atoms with E-state index in [1.54, 1.807) is 18.2 Å². The highest BCUT2D eigenvalue weighted by atomic mass is 16.5. The van der Waals surface area contributed by atoms with Crippen LogP contribution in [0.15, 0.2) is 18.2 Å². The van der Waals surface area contributed by atoms with Crippen LogP contribution >= 0.6 is 0 Å². The van der Waals surface area contributed by atoms with Crippen molar-refractivity contribution in [2.24, 2.45) is 5.41 Å². The van der Waals surface area contributed by atoms with E-state index >= 15 is 0 Å². The molecule has 1 aliphatic heterocycles. The number of ether oxygens (including phenoxy) is 1. The zero-order chi connectivity index (χ0) is 13.6. The number of rotatable bonds is 1. The van der Waals surface area contributed by atoms with Crippen molar-refractivity contribution in [3.63, 3.8) is 0 Å². The average Bonchev–Trinajstić information content (AvgIpc) is 3.19. The summed E-state index contributed by atoms with van der Waals surface area (Å²) in [5, 5.41) is 2.96. The Kier molecular flexibility index (Phi) is 2.52. The molecular weight excluding hydrogens is 244 g/mol. The van der Waals surface area contributed by atoms with Crippen LogP contribution in [-0.2, 0) is 9.53 Å². The van der Waals surface area contributed by atoms with Crippen LogP contribution < -0.4 is 10.2 Å². The molecule has 5 heteroatoms. The topological polar surface area (TPSA) is 58.6 Å². The van der Waals surface area contributed by atoms with Crippen LogP contribution in [0.3, 0.4) is 0 Å². The largest absolute Gasteiger partial charge is 0.465 e. The first-order valence-electron chi connectivity index (χ1n) is 6.31. The molecule has 0 saturated heterocycles. The molecule has 1 aliphatic carbocycles. The van der Waals surface area contributed by atoms with Crippen molar-refractivity contribution in [3.8, 4) is 0 Å². The normalized spacial score (nSPS) is 19.5. The van der Waals surface area contributed by atoms with Crippen LogP contribution in [0.25, 0.3) is 0 Å². The SMILES string of the molecule is COC(=O)c1ccc2c(c1)N(C)CC1(CC1)C(=O)N2. The molecule has 5 nitrogen and oxygen atoms in total. The zero-order valence-electron chi connectivity index (χ0n) is 11.0. The van der Waals surface area contributed by atoms with Gasteiger partial charge in [-0.1, -0.05) is 0 Å². The minimum Gasteiger partial charge on any atom is -0.465 e. The van der Waals surface area contributed by atoms with E-state index in [2.05, 4.69) is 5.32 Å². The summed E-state index contributed by atoms with van der Waals surface area (Å²) >= 11 is 0. The van der Waals surface area contributed by atoms with Gasteiger partial charge in [-0.25, -0.2) is 4.79 Å². The molecule has 2 aliphatic rings. The van der Waals surface area contributed by atoms with Gasteiger partial charge in [0.25, 0.3) is 0 Å². The molecule has 1 saturated carbocycles. The quantitative estimate of drug-likeness (QED) is 0.780. The molecule has 3 rings (SSSR count). The Hall–Kier alpha value is -2.04. The Morgan fingerprint density at radius 3 is 2.79 bits per heavy atom. The van der Waals surface area contributed by atoms with E-state index in [1.165, 1.54) is 7.11 Å². The molecule has 0 unspecified atom stereocenters. The monoisotopic (exact) mass is 260 g/mol. The van der Waals surface area contributed by atoms with Gasteiger partial charge in [0, 0.05) is 13.6 Å². The third kappa shape index (κ3) is 1.85. The lowest BCUT2D eigenvalue weighted by Crippen LogP contribution is -2.31. The van der Waals surface area contributed by atoms with Gasteiger partial charge in [-0.2, -0.15) is 0 Å². The van der Waals surface area contributed by atoms with Crippen molar-refractivity contribution in [3.05, 3.63) is 23.8 Å². The number of hydrogen-bond acceptors (Lipinski definition) is 4.